The van der Waals surface area contributed by atoms with Gasteiger partial charge in [-0.2, -0.15) is 0 Å². The number of hydrogen-bond donors (Lipinski definition) is 1. The molecule has 0 fully saturated rings. The van der Waals surface area contributed by atoms with Crippen LogP contribution in [0, 0.1) is 0 Å². The average Bonchev–Trinajstić information content (AvgIpc) is 2.32. The Hall–Kier alpha value is -1.26. The summed E-state index contributed by atoms with van der Waals surface area (Å²) in [7, 11) is 0. The predicted octanol–water partition coefficient (Wildman–Crippen LogP) is 3.64. The lowest BCUT2D eigenvalue weighted by Gasteiger charge is -2.35. The fourth-order valence-corrected chi connectivity index (χ4v) is 2.28. The molecule has 0 radical (unpaired) electrons. The van der Waals surface area contributed by atoms with Crippen LogP contribution in [-0.2, 0) is 16.0 Å². The van der Waals surface area contributed by atoms with Crippen molar-refractivity contribution < 1.29 is 14.7 Å². The normalized spacial score (nSPS) is 11.3. The number of carbonyl (C=O) groups excluding carboxylic acids is 1. The number of benzene rings is 1. The van der Waals surface area contributed by atoms with Crippen LogP contribution in [0.1, 0.15) is 32.8 Å². The first-order valence-corrected chi connectivity index (χ1v) is 7.33. The molecule has 1 amide bonds. The number of carboxylic acids is 1. The molecular weight excluding hydrogens is 313 g/mol. The summed E-state index contributed by atoms with van der Waals surface area (Å²) < 4.78 is 0. The van der Waals surface area contributed by atoms with Gasteiger partial charge in [-0.05, 0) is 38.5 Å². The van der Waals surface area contributed by atoms with Crippen molar-refractivity contribution in [2.24, 2.45) is 0 Å². The van der Waals surface area contributed by atoms with Gasteiger partial charge in [0.05, 0.1) is 22.9 Å². The number of rotatable bonds is 5. The van der Waals surface area contributed by atoms with E-state index in [0.717, 1.165) is 5.56 Å². The Morgan fingerprint density at radius 2 is 1.81 bits per heavy atom. The molecule has 1 aromatic rings. The number of carbonyl (C=O) groups is 2. The lowest BCUT2D eigenvalue weighted by Crippen LogP contribution is -2.47. The fourth-order valence-electron chi connectivity index (χ4n) is 1.96. The van der Waals surface area contributed by atoms with E-state index in [4.69, 9.17) is 28.3 Å². The van der Waals surface area contributed by atoms with Gasteiger partial charge in [-0.3, -0.25) is 9.59 Å². The maximum absolute atomic E-state index is 12.4. The molecule has 0 heterocycles. The fraction of sp³-hybridized carbons (Fsp3) is 0.467. The highest BCUT2D eigenvalue weighted by atomic mass is 35.5. The van der Waals surface area contributed by atoms with Crippen LogP contribution >= 0.6 is 23.2 Å². The van der Waals surface area contributed by atoms with Crippen LogP contribution in [0.4, 0.5) is 0 Å². The Bertz CT molecular complexity index is 538. The van der Waals surface area contributed by atoms with Crippen molar-refractivity contribution in [1.82, 2.24) is 4.90 Å². The summed E-state index contributed by atoms with van der Waals surface area (Å²) in [4.78, 5) is 24.7. The van der Waals surface area contributed by atoms with Crippen LogP contribution < -0.4 is 0 Å². The van der Waals surface area contributed by atoms with Crippen molar-refractivity contribution in [2.45, 2.75) is 39.2 Å². The molecule has 1 aromatic carbocycles. The maximum Gasteiger partial charge on any atom is 0.305 e. The number of amides is 1. The van der Waals surface area contributed by atoms with E-state index in [1.807, 2.05) is 20.8 Å². The second-order valence-corrected chi connectivity index (χ2v) is 6.60. The highest BCUT2D eigenvalue weighted by Gasteiger charge is 2.26. The summed E-state index contributed by atoms with van der Waals surface area (Å²) in [6, 6.07) is 5.04. The number of aliphatic carboxylic acids is 1. The molecule has 1 rings (SSSR count). The highest BCUT2D eigenvalue weighted by molar-refractivity contribution is 6.42. The van der Waals surface area contributed by atoms with Crippen LogP contribution in [0.5, 0.6) is 0 Å². The van der Waals surface area contributed by atoms with Gasteiger partial charge in [0.25, 0.3) is 0 Å². The summed E-state index contributed by atoms with van der Waals surface area (Å²) >= 11 is 11.8. The van der Waals surface area contributed by atoms with Crippen LogP contribution in [0.2, 0.25) is 10.0 Å². The van der Waals surface area contributed by atoms with E-state index in [2.05, 4.69) is 0 Å². The van der Waals surface area contributed by atoms with Gasteiger partial charge in [0, 0.05) is 12.1 Å². The van der Waals surface area contributed by atoms with Crippen molar-refractivity contribution >= 4 is 35.1 Å². The first-order chi connectivity index (χ1) is 9.61. The maximum atomic E-state index is 12.4. The van der Waals surface area contributed by atoms with Gasteiger partial charge in [0.1, 0.15) is 0 Å². The standard InChI is InChI=1S/C15H19Cl2NO3/c1-15(2,3)18(7-6-14(20)21)13(19)9-10-4-5-11(16)12(17)8-10/h4-5,8H,6-7,9H2,1-3H3,(H,20,21). The molecular formula is C15H19Cl2NO3. The van der Waals surface area contributed by atoms with E-state index in [9.17, 15) is 9.59 Å². The van der Waals surface area contributed by atoms with E-state index < -0.39 is 11.5 Å². The van der Waals surface area contributed by atoms with Gasteiger partial charge in [0.2, 0.25) is 5.91 Å². The molecule has 21 heavy (non-hydrogen) atoms. The van der Waals surface area contributed by atoms with Crippen molar-refractivity contribution in [2.75, 3.05) is 6.54 Å². The molecule has 0 bridgehead atoms. The van der Waals surface area contributed by atoms with E-state index >= 15 is 0 Å². The third-order valence-corrected chi connectivity index (χ3v) is 3.74. The second kappa shape index (κ2) is 7.14. The van der Waals surface area contributed by atoms with Gasteiger partial charge in [-0.1, -0.05) is 29.3 Å². The zero-order valence-corrected chi connectivity index (χ0v) is 13.8. The van der Waals surface area contributed by atoms with E-state index in [1.54, 1.807) is 23.1 Å². The molecule has 0 aromatic heterocycles. The summed E-state index contributed by atoms with van der Waals surface area (Å²) in [6.45, 7) is 5.81. The summed E-state index contributed by atoms with van der Waals surface area (Å²) in [5, 5.41) is 9.63. The first-order valence-electron chi connectivity index (χ1n) is 6.57. The molecule has 0 aliphatic heterocycles. The van der Waals surface area contributed by atoms with Crippen molar-refractivity contribution in [1.29, 1.82) is 0 Å². The van der Waals surface area contributed by atoms with Crippen LogP contribution in [0.15, 0.2) is 18.2 Å². The Morgan fingerprint density at radius 3 is 2.29 bits per heavy atom. The van der Waals surface area contributed by atoms with Crippen molar-refractivity contribution in [3.8, 4) is 0 Å². The average molecular weight is 332 g/mol. The number of nitrogens with zero attached hydrogens (tertiary/aromatic N) is 1. The molecule has 1 N–H and O–H groups in total. The van der Waals surface area contributed by atoms with Crippen molar-refractivity contribution in [3.05, 3.63) is 33.8 Å². The van der Waals surface area contributed by atoms with Gasteiger partial charge in [-0.25, -0.2) is 0 Å². The van der Waals surface area contributed by atoms with E-state index in [0.29, 0.717) is 10.0 Å². The highest BCUT2D eigenvalue weighted by Crippen LogP contribution is 2.24. The molecule has 0 spiro atoms. The molecule has 0 atom stereocenters. The van der Waals surface area contributed by atoms with Crippen LogP contribution in [0.3, 0.4) is 0 Å². The lowest BCUT2D eigenvalue weighted by atomic mass is 10.0. The second-order valence-electron chi connectivity index (χ2n) is 5.79. The third kappa shape index (κ3) is 5.56. The SMILES string of the molecule is CC(C)(C)N(CCC(=O)O)C(=O)Cc1ccc(Cl)c(Cl)c1. The zero-order chi connectivity index (χ0) is 16.2. The minimum absolute atomic E-state index is 0.0790. The Morgan fingerprint density at radius 1 is 1.19 bits per heavy atom. The van der Waals surface area contributed by atoms with Gasteiger partial charge >= 0.3 is 5.97 Å². The molecule has 116 valence electrons. The van der Waals surface area contributed by atoms with Gasteiger partial charge < -0.3 is 10.0 Å². The Balaban J connectivity index is 2.85. The molecule has 6 heteroatoms. The number of carboxylic acid groups (broad SMARTS) is 1. The molecule has 0 saturated carbocycles. The quantitative estimate of drug-likeness (QED) is 0.896. The number of hydrogen-bond acceptors (Lipinski definition) is 2. The molecule has 0 saturated heterocycles. The predicted molar refractivity (Wildman–Crippen MR) is 83.9 cm³/mol. The summed E-state index contributed by atoms with van der Waals surface area (Å²) in [6.07, 6.45) is 0.0815. The van der Waals surface area contributed by atoms with E-state index in [1.165, 1.54) is 0 Å². The molecule has 0 aliphatic rings. The summed E-state index contributed by atoms with van der Waals surface area (Å²) in [5.41, 5.74) is 0.307. The number of halogens is 2. The zero-order valence-electron chi connectivity index (χ0n) is 12.3. The molecule has 0 unspecified atom stereocenters. The first kappa shape index (κ1) is 17.8. The third-order valence-electron chi connectivity index (χ3n) is 3.00. The smallest absolute Gasteiger partial charge is 0.305 e. The van der Waals surface area contributed by atoms with Crippen LogP contribution in [0.25, 0.3) is 0 Å². The minimum atomic E-state index is -0.924. The molecule has 0 aliphatic carbocycles. The van der Waals surface area contributed by atoms with Crippen molar-refractivity contribution in [3.63, 3.8) is 0 Å². The topological polar surface area (TPSA) is 57.6 Å². The minimum Gasteiger partial charge on any atom is -0.481 e. The monoisotopic (exact) mass is 331 g/mol. The summed E-state index contributed by atoms with van der Waals surface area (Å²) in [5.74, 6) is -1.06. The molecule has 4 nitrogen and oxygen atoms in total. The van der Waals surface area contributed by atoms with Gasteiger partial charge in [-0.15, -0.1) is 0 Å². The van der Waals surface area contributed by atoms with Crippen LogP contribution in [-0.4, -0.2) is 34.0 Å². The Kier molecular flexibility index (Phi) is 6.05. The lowest BCUT2D eigenvalue weighted by molar-refractivity contribution is -0.140. The van der Waals surface area contributed by atoms with E-state index in [-0.39, 0.29) is 25.3 Å². The largest absolute Gasteiger partial charge is 0.481 e. The van der Waals surface area contributed by atoms with Gasteiger partial charge in [0.15, 0.2) is 0 Å². The Labute approximate surface area is 134 Å².